The Bertz CT molecular complexity index is 937. The third-order valence-electron chi connectivity index (χ3n) is 3.65. The molecule has 0 atom stereocenters. The highest BCUT2D eigenvalue weighted by Gasteiger charge is 2.10. The van der Waals surface area contributed by atoms with Crippen LogP contribution < -0.4 is 5.32 Å². The van der Waals surface area contributed by atoms with Crippen LogP contribution in [-0.4, -0.2) is 15.2 Å². The largest absolute Gasteiger partial charge is 0.323 e. The normalized spacial score (nSPS) is 10.6. The molecule has 0 fully saturated rings. The minimum atomic E-state index is 0.707. The van der Waals surface area contributed by atoms with Crippen LogP contribution in [-0.2, 0) is 0 Å². The average molecular weight is 298 g/mol. The van der Waals surface area contributed by atoms with Crippen LogP contribution >= 0.6 is 0 Å². The van der Waals surface area contributed by atoms with Gasteiger partial charge in [-0.1, -0.05) is 60.7 Å². The standard InChI is InChI=1S/C19H14N4/c1-2-8-14(9-3-1)18-15-10-4-5-11-16(15)19(23-22-18)21-17-12-6-7-13-20-17/h1-13H,(H,20,21,23). The van der Waals surface area contributed by atoms with Gasteiger partial charge in [0.1, 0.15) is 11.5 Å². The first kappa shape index (κ1) is 13.4. The summed E-state index contributed by atoms with van der Waals surface area (Å²) in [5.41, 5.74) is 1.94. The predicted molar refractivity (Wildman–Crippen MR) is 92.5 cm³/mol. The van der Waals surface area contributed by atoms with Crippen molar-refractivity contribution in [1.29, 1.82) is 0 Å². The molecule has 2 heterocycles. The van der Waals surface area contributed by atoms with Crippen molar-refractivity contribution in [3.05, 3.63) is 79.0 Å². The van der Waals surface area contributed by atoms with Crippen LogP contribution in [0.3, 0.4) is 0 Å². The van der Waals surface area contributed by atoms with Crippen molar-refractivity contribution in [3.8, 4) is 11.3 Å². The Balaban J connectivity index is 1.86. The van der Waals surface area contributed by atoms with Crippen molar-refractivity contribution in [2.75, 3.05) is 5.32 Å². The Kier molecular flexibility index (Phi) is 3.41. The molecule has 0 bridgehead atoms. The van der Waals surface area contributed by atoms with E-state index in [2.05, 4.69) is 26.6 Å². The van der Waals surface area contributed by atoms with E-state index in [-0.39, 0.29) is 0 Å². The van der Waals surface area contributed by atoms with Crippen molar-refractivity contribution >= 4 is 22.4 Å². The van der Waals surface area contributed by atoms with Crippen molar-refractivity contribution in [2.24, 2.45) is 0 Å². The van der Waals surface area contributed by atoms with Gasteiger partial charge in [-0.3, -0.25) is 0 Å². The zero-order valence-corrected chi connectivity index (χ0v) is 12.3. The van der Waals surface area contributed by atoms with Crippen LogP contribution in [0.1, 0.15) is 0 Å². The highest BCUT2D eigenvalue weighted by molar-refractivity contribution is 6.00. The van der Waals surface area contributed by atoms with E-state index >= 15 is 0 Å². The SMILES string of the molecule is c1ccc(-c2nnc(Nc3ccccn3)c3ccccc23)cc1. The van der Waals surface area contributed by atoms with Crippen LogP contribution in [0.5, 0.6) is 0 Å². The molecule has 4 rings (SSSR count). The summed E-state index contributed by atoms with van der Waals surface area (Å²) in [6.07, 6.45) is 1.75. The predicted octanol–water partition coefficient (Wildman–Crippen LogP) is 4.44. The molecule has 0 aliphatic carbocycles. The maximum Gasteiger partial charge on any atom is 0.162 e. The number of rotatable bonds is 3. The molecule has 0 aliphatic heterocycles. The lowest BCUT2D eigenvalue weighted by Crippen LogP contribution is -2.00. The molecule has 4 heteroatoms. The minimum absolute atomic E-state index is 0.707. The van der Waals surface area contributed by atoms with Gasteiger partial charge in [-0.05, 0) is 12.1 Å². The third kappa shape index (κ3) is 2.62. The quantitative estimate of drug-likeness (QED) is 0.607. The lowest BCUT2D eigenvalue weighted by molar-refractivity contribution is 1.06. The topological polar surface area (TPSA) is 50.7 Å². The number of fused-ring (bicyclic) bond motifs is 1. The number of benzene rings is 2. The van der Waals surface area contributed by atoms with Gasteiger partial charge < -0.3 is 5.32 Å². The van der Waals surface area contributed by atoms with E-state index in [9.17, 15) is 0 Å². The molecule has 1 N–H and O–H groups in total. The Morgan fingerprint density at radius 3 is 2.17 bits per heavy atom. The average Bonchev–Trinajstić information content (AvgIpc) is 2.64. The summed E-state index contributed by atoms with van der Waals surface area (Å²) in [6, 6.07) is 23.9. The first-order valence-electron chi connectivity index (χ1n) is 7.41. The van der Waals surface area contributed by atoms with Gasteiger partial charge in [0.15, 0.2) is 5.82 Å². The first-order valence-corrected chi connectivity index (χ1v) is 7.41. The van der Waals surface area contributed by atoms with E-state index in [1.165, 1.54) is 0 Å². The van der Waals surface area contributed by atoms with Gasteiger partial charge in [-0.25, -0.2) is 4.98 Å². The van der Waals surface area contributed by atoms with Crippen molar-refractivity contribution in [1.82, 2.24) is 15.2 Å². The summed E-state index contributed by atoms with van der Waals surface area (Å²) in [5, 5.41) is 14.1. The maximum atomic E-state index is 4.43. The van der Waals surface area contributed by atoms with E-state index in [0.717, 1.165) is 27.8 Å². The number of hydrogen-bond acceptors (Lipinski definition) is 4. The molecule has 110 valence electrons. The molecule has 2 aromatic carbocycles. The molecule has 2 aromatic heterocycles. The fraction of sp³-hybridized carbons (Fsp3) is 0. The zero-order chi connectivity index (χ0) is 15.5. The van der Waals surface area contributed by atoms with Crippen molar-refractivity contribution in [2.45, 2.75) is 0 Å². The summed E-state index contributed by atoms with van der Waals surface area (Å²) in [5.74, 6) is 1.46. The van der Waals surface area contributed by atoms with Crippen LogP contribution in [0, 0.1) is 0 Å². The van der Waals surface area contributed by atoms with E-state index in [0.29, 0.717) is 5.82 Å². The van der Waals surface area contributed by atoms with E-state index in [1.54, 1.807) is 6.20 Å². The summed E-state index contributed by atoms with van der Waals surface area (Å²) >= 11 is 0. The molecule has 0 spiro atoms. The second-order valence-electron chi connectivity index (χ2n) is 5.15. The summed E-state index contributed by atoms with van der Waals surface area (Å²) in [6.45, 7) is 0. The molecular formula is C19H14N4. The molecular weight excluding hydrogens is 284 g/mol. The number of hydrogen-bond donors (Lipinski definition) is 1. The molecule has 0 radical (unpaired) electrons. The summed E-state index contributed by atoms with van der Waals surface area (Å²) in [7, 11) is 0. The smallest absolute Gasteiger partial charge is 0.162 e. The number of nitrogens with zero attached hydrogens (tertiary/aromatic N) is 3. The monoisotopic (exact) mass is 298 g/mol. The fourth-order valence-electron chi connectivity index (χ4n) is 2.56. The van der Waals surface area contributed by atoms with Gasteiger partial charge >= 0.3 is 0 Å². The van der Waals surface area contributed by atoms with Crippen LogP contribution in [0.25, 0.3) is 22.0 Å². The molecule has 0 aliphatic rings. The van der Waals surface area contributed by atoms with Crippen LogP contribution in [0.15, 0.2) is 79.0 Å². The fourth-order valence-corrected chi connectivity index (χ4v) is 2.56. The summed E-state index contributed by atoms with van der Waals surface area (Å²) < 4.78 is 0. The van der Waals surface area contributed by atoms with Gasteiger partial charge in [0.25, 0.3) is 0 Å². The van der Waals surface area contributed by atoms with Gasteiger partial charge in [-0.15, -0.1) is 10.2 Å². The number of pyridine rings is 1. The summed E-state index contributed by atoms with van der Waals surface area (Å²) in [4.78, 5) is 4.28. The van der Waals surface area contributed by atoms with Gasteiger partial charge in [0, 0.05) is 22.5 Å². The maximum absolute atomic E-state index is 4.43. The highest BCUT2D eigenvalue weighted by Crippen LogP contribution is 2.30. The Morgan fingerprint density at radius 1 is 0.652 bits per heavy atom. The Labute approximate surface area is 133 Å². The second kappa shape index (κ2) is 5.85. The van der Waals surface area contributed by atoms with Gasteiger partial charge in [0.2, 0.25) is 0 Å². The van der Waals surface area contributed by atoms with Crippen LogP contribution in [0.2, 0.25) is 0 Å². The zero-order valence-electron chi connectivity index (χ0n) is 12.3. The van der Waals surface area contributed by atoms with Crippen LogP contribution in [0.4, 0.5) is 11.6 Å². The first-order chi connectivity index (χ1) is 11.4. The second-order valence-corrected chi connectivity index (χ2v) is 5.15. The van der Waals surface area contributed by atoms with Gasteiger partial charge in [0.05, 0.1) is 0 Å². The van der Waals surface area contributed by atoms with Crippen molar-refractivity contribution in [3.63, 3.8) is 0 Å². The number of nitrogens with one attached hydrogen (secondary N) is 1. The van der Waals surface area contributed by atoms with E-state index < -0.39 is 0 Å². The molecule has 0 unspecified atom stereocenters. The Morgan fingerprint density at radius 2 is 1.39 bits per heavy atom. The van der Waals surface area contributed by atoms with Gasteiger partial charge in [-0.2, -0.15) is 0 Å². The number of anilines is 2. The molecule has 4 nitrogen and oxygen atoms in total. The lowest BCUT2D eigenvalue weighted by Gasteiger charge is -2.10. The lowest BCUT2D eigenvalue weighted by atomic mass is 10.0. The molecule has 0 saturated carbocycles. The minimum Gasteiger partial charge on any atom is -0.323 e. The van der Waals surface area contributed by atoms with E-state index in [1.807, 2.05) is 66.7 Å². The molecule has 0 amide bonds. The third-order valence-corrected chi connectivity index (χ3v) is 3.65. The Hall–Kier alpha value is -3.27. The van der Waals surface area contributed by atoms with Crippen molar-refractivity contribution < 1.29 is 0 Å². The van der Waals surface area contributed by atoms with E-state index in [4.69, 9.17) is 0 Å². The number of aromatic nitrogens is 3. The molecule has 4 aromatic rings. The molecule has 0 saturated heterocycles. The molecule has 23 heavy (non-hydrogen) atoms. The highest BCUT2D eigenvalue weighted by atomic mass is 15.2.